The standard InChI is InChI=1S/C22H23Cl2NO5/c1-29-22(28)15-30-12-3-2-11-25-17(5-4-6-21(25)27)8-9-18(26)13-16-7-10-19(23)20(24)14-16/h7-10,14,17H,4-6,11-13,15H2,1H3/b9-8+/t17-/m1/s1. The molecule has 1 heterocycles. The summed E-state index contributed by atoms with van der Waals surface area (Å²) in [6.45, 7) is 0.135. The number of ketones is 1. The van der Waals surface area contributed by atoms with Crippen molar-refractivity contribution in [2.24, 2.45) is 0 Å². The minimum atomic E-state index is -0.473. The van der Waals surface area contributed by atoms with Gasteiger partial charge in [0.2, 0.25) is 5.91 Å². The van der Waals surface area contributed by atoms with Crippen LogP contribution in [-0.2, 0) is 30.3 Å². The second-order valence-electron chi connectivity index (χ2n) is 6.65. The number of amides is 1. The fourth-order valence-electron chi connectivity index (χ4n) is 2.92. The number of likely N-dealkylation sites (tertiary alicyclic amines) is 1. The fraction of sp³-hybridized carbons (Fsp3) is 0.409. The van der Waals surface area contributed by atoms with Crippen molar-refractivity contribution in [2.45, 2.75) is 31.7 Å². The summed E-state index contributed by atoms with van der Waals surface area (Å²) in [6.07, 6.45) is 5.45. The van der Waals surface area contributed by atoms with E-state index in [0.29, 0.717) is 16.5 Å². The average Bonchev–Trinajstić information content (AvgIpc) is 2.72. The summed E-state index contributed by atoms with van der Waals surface area (Å²) < 4.78 is 9.51. The molecule has 0 aromatic heterocycles. The van der Waals surface area contributed by atoms with Crippen LogP contribution in [0.25, 0.3) is 0 Å². The van der Waals surface area contributed by atoms with Crippen LogP contribution in [-0.4, -0.2) is 55.5 Å². The Balaban J connectivity index is 1.90. The molecule has 1 amide bonds. The van der Waals surface area contributed by atoms with Crippen molar-refractivity contribution >= 4 is 40.9 Å². The van der Waals surface area contributed by atoms with Crippen LogP contribution in [0.1, 0.15) is 24.8 Å². The second-order valence-corrected chi connectivity index (χ2v) is 7.47. The average molecular weight is 452 g/mol. The van der Waals surface area contributed by atoms with Gasteiger partial charge in [0.25, 0.3) is 0 Å². The van der Waals surface area contributed by atoms with Crippen LogP contribution in [0.3, 0.4) is 0 Å². The summed E-state index contributed by atoms with van der Waals surface area (Å²) in [4.78, 5) is 37.2. The molecule has 160 valence electrons. The number of ether oxygens (including phenoxy) is 2. The maximum atomic E-state index is 12.3. The molecule has 0 N–H and O–H groups in total. The van der Waals surface area contributed by atoms with Gasteiger partial charge in [0, 0.05) is 12.8 Å². The molecule has 1 atom stereocenters. The Bertz CT molecular complexity index is 872. The number of methoxy groups -OCH3 is 1. The van der Waals surface area contributed by atoms with Crippen LogP contribution < -0.4 is 0 Å². The number of allylic oxidation sites excluding steroid dienone is 1. The minimum Gasteiger partial charge on any atom is -0.467 e. The summed E-state index contributed by atoms with van der Waals surface area (Å²) in [5.74, 6) is 5.09. The molecule has 30 heavy (non-hydrogen) atoms. The third-order valence-electron chi connectivity index (χ3n) is 4.47. The van der Waals surface area contributed by atoms with E-state index in [4.69, 9.17) is 27.9 Å². The molecular weight excluding hydrogens is 429 g/mol. The van der Waals surface area contributed by atoms with Crippen LogP contribution in [0.15, 0.2) is 30.4 Å². The monoisotopic (exact) mass is 451 g/mol. The van der Waals surface area contributed by atoms with Gasteiger partial charge in [0.1, 0.15) is 13.2 Å². The molecule has 0 aliphatic carbocycles. The molecule has 0 saturated carbocycles. The van der Waals surface area contributed by atoms with Crippen molar-refractivity contribution in [1.29, 1.82) is 0 Å². The van der Waals surface area contributed by atoms with Crippen LogP contribution in [0.5, 0.6) is 0 Å². The predicted octanol–water partition coefficient (Wildman–Crippen LogP) is 3.24. The van der Waals surface area contributed by atoms with Crippen molar-refractivity contribution in [3.8, 4) is 11.8 Å². The Morgan fingerprint density at radius 3 is 2.80 bits per heavy atom. The normalized spacial score (nSPS) is 16.3. The summed E-state index contributed by atoms with van der Waals surface area (Å²) in [5.41, 5.74) is 0.772. The van der Waals surface area contributed by atoms with Gasteiger partial charge < -0.3 is 14.4 Å². The second kappa shape index (κ2) is 12.4. The molecule has 2 rings (SSSR count). The number of esters is 1. The molecule has 1 aliphatic heterocycles. The minimum absolute atomic E-state index is 0.00221. The molecule has 1 fully saturated rings. The Hall–Kier alpha value is -2.33. The van der Waals surface area contributed by atoms with E-state index in [1.54, 1.807) is 29.2 Å². The third kappa shape index (κ3) is 7.83. The third-order valence-corrected chi connectivity index (χ3v) is 5.21. The maximum absolute atomic E-state index is 12.3. The number of halogens is 2. The van der Waals surface area contributed by atoms with E-state index in [1.807, 2.05) is 0 Å². The largest absolute Gasteiger partial charge is 0.467 e. The highest BCUT2D eigenvalue weighted by molar-refractivity contribution is 6.42. The van der Waals surface area contributed by atoms with E-state index in [1.165, 1.54) is 13.2 Å². The lowest BCUT2D eigenvalue weighted by Crippen LogP contribution is -2.42. The SMILES string of the molecule is COC(=O)COCC#CCN1C(=O)CCC[C@@H]1/C=C/C(=O)Cc1ccc(Cl)c(Cl)c1. The maximum Gasteiger partial charge on any atom is 0.331 e. The highest BCUT2D eigenvalue weighted by Crippen LogP contribution is 2.23. The lowest BCUT2D eigenvalue weighted by molar-refractivity contribution is -0.145. The van der Waals surface area contributed by atoms with Gasteiger partial charge in [-0.05, 0) is 36.6 Å². The zero-order valence-corrected chi connectivity index (χ0v) is 18.2. The summed E-state index contributed by atoms with van der Waals surface area (Å²) in [6, 6.07) is 4.90. The molecule has 0 bridgehead atoms. The molecule has 1 saturated heterocycles. The van der Waals surface area contributed by atoms with Crippen molar-refractivity contribution in [2.75, 3.05) is 26.9 Å². The number of hydrogen-bond donors (Lipinski definition) is 0. The van der Waals surface area contributed by atoms with Gasteiger partial charge in [0.05, 0.1) is 29.7 Å². The van der Waals surface area contributed by atoms with Crippen molar-refractivity contribution in [1.82, 2.24) is 4.90 Å². The lowest BCUT2D eigenvalue weighted by atomic mass is 10.00. The van der Waals surface area contributed by atoms with Gasteiger partial charge in [-0.25, -0.2) is 4.79 Å². The van der Waals surface area contributed by atoms with Crippen molar-refractivity contribution in [3.63, 3.8) is 0 Å². The Labute approximate surface area is 186 Å². The van der Waals surface area contributed by atoms with Crippen molar-refractivity contribution < 1.29 is 23.9 Å². The number of benzene rings is 1. The van der Waals surface area contributed by atoms with Crippen molar-refractivity contribution in [3.05, 3.63) is 46.0 Å². The molecule has 8 heteroatoms. The number of hydrogen-bond acceptors (Lipinski definition) is 5. The Morgan fingerprint density at radius 2 is 2.07 bits per heavy atom. The first-order chi connectivity index (χ1) is 14.4. The van der Waals surface area contributed by atoms with Gasteiger partial charge in [-0.15, -0.1) is 0 Å². The zero-order chi connectivity index (χ0) is 21.9. The van der Waals surface area contributed by atoms with Gasteiger partial charge in [-0.1, -0.05) is 47.2 Å². The van der Waals surface area contributed by atoms with Gasteiger partial charge >= 0.3 is 5.97 Å². The number of carbonyl (C=O) groups is 3. The highest BCUT2D eigenvalue weighted by Gasteiger charge is 2.25. The molecule has 0 radical (unpaired) electrons. The van der Waals surface area contributed by atoms with E-state index < -0.39 is 5.97 Å². The zero-order valence-electron chi connectivity index (χ0n) is 16.7. The number of nitrogens with zero attached hydrogens (tertiary/aromatic N) is 1. The molecule has 1 aromatic carbocycles. The Kier molecular flexibility index (Phi) is 9.88. The topological polar surface area (TPSA) is 72.9 Å². The molecule has 0 unspecified atom stereocenters. The number of carbonyl (C=O) groups excluding carboxylic acids is 3. The number of piperidine rings is 1. The van der Waals surface area contributed by atoms with E-state index >= 15 is 0 Å². The first kappa shape index (κ1) is 23.9. The smallest absolute Gasteiger partial charge is 0.331 e. The van der Waals surface area contributed by atoms with E-state index in [0.717, 1.165) is 18.4 Å². The van der Waals surface area contributed by atoms with Crippen LogP contribution in [0, 0.1) is 11.8 Å². The predicted molar refractivity (Wildman–Crippen MR) is 114 cm³/mol. The van der Waals surface area contributed by atoms with Gasteiger partial charge in [-0.2, -0.15) is 0 Å². The van der Waals surface area contributed by atoms with Gasteiger partial charge in [0.15, 0.2) is 5.78 Å². The molecule has 0 spiro atoms. The number of rotatable bonds is 8. The van der Waals surface area contributed by atoms with E-state index in [-0.39, 0.29) is 43.9 Å². The lowest BCUT2D eigenvalue weighted by Gasteiger charge is -2.32. The molecular formula is C22H23Cl2NO5. The van der Waals surface area contributed by atoms with E-state index in [9.17, 15) is 14.4 Å². The molecule has 1 aliphatic rings. The summed E-state index contributed by atoms with van der Waals surface area (Å²) in [7, 11) is 1.28. The molecule has 1 aromatic rings. The highest BCUT2D eigenvalue weighted by atomic mass is 35.5. The van der Waals surface area contributed by atoms with Crippen LogP contribution in [0.2, 0.25) is 10.0 Å². The van der Waals surface area contributed by atoms with Gasteiger partial charge in [-0.3, -0.25) is 9.59 Å². The fourth-order valence-corrected chi connectivity index (χ4v) is 3.24. The molecule has 6 nitrogen and oxygen atoms in total. The summed E-state index contributed by atoms with van der Waals surface area (Å²) >= 11 is 11.9. The van der Waals surface area contributed by atoms with Crippen LogP contribution >= 0.6 is 23.2 Å². The first-order valence-corrected chi connectivity index (χ1v) is 10.2. The Morgan fingerprint density at radius 1 is 1.27 bits per heavy atom. The summed E-state index contributed by atoms with van der Waals surface area (Å²) in [5, 5.41) is 0.848. The van der Waals surface area contributed by atoms with Crippen LogP contribution in [0.4, 0.5) is 0 Å². The first-order valence-electron chi connectivity index (χ1n) is 9.45. The van der Waals surface area contributed by atoms with E-state index in [2.05, 4.69) is 16.6 Å². The quantitative estimate of drug-likeness (QED) is 0.262.